The second-order valence-electron chi connectivity index (χ2n) is 12.4. The summed E-state index contributed by atoms with van der Waals surface area (Å²) in [4.78, 5) is 27.5. The SMILES string of the molecule is CC[C@H]1O[C@@H](n2cc(C)c(=O)[nH]c2=O)[C@@H](OCCOC)C1O[P@]1O[C@@H](C[Si](C)(c2ccccc2)c2ccccc2)[C@H]2CCCN21. The molecule has 1 N–H and O–H groups in total. The maximum atomic E-state index is 12.9. The Bertz CT molecular complexity index is 1500. The third kappa shape index (κ3) is 6.55. The first-order valence-electron chi connectivity index (χ1n) is 15.9. The minimum atomic E-state index is -2.15. The molecule has 1 aromatic heterocycles. The minimum absolute atomic E-state index is 0.0335. The maximum Gasteiger partial charge on any atom is 0.330 e. The van der Waals surface area contributed by atoms with E-state index >= 15 is 0 Å². The molecule has 0 amide bonds. The fourth-order valence-corrected chi connectivity index (χ4v) is 13.0. The monoisotopic (exact) mass is 653 g/mol. The molecule has 0 saturated carbocycles. The van der Waals surface area contributed by atoms with Gasteiger partial charge in [-0.15, -0.1) is 0 Å². The highest BCUT2D eigenvalue weighted by atomic mass is 31.2. The standard InChI is InChI=1S/C33H44N3O7PSi/c1-5-27-29(30(40-20-19-39-3)32(41-27)35-21-23(2)31(37)34-33(35)38)43-44-36-18-12-17-26(36)28(42-44)22-45(4,24-13-8-6-9-14-24)25-15-10-7-11-16-25/h6-11,13-16,21,26-30,32H,5,12,17-20,22H2,1-4H3,(H,34,37,38)/t26-,27-,28+,29?,30+,32-,44+/m1/s1. The number of hydrogen-bond donors (Lipinski definition) is 1. The van der Waals surface area contributed by atoms with E-state index < -0.39 is 46.3 Å². The van der Waals surface area contributed by atoms with E-state index in [-0.39, 0.29) is 18.2 Å². The molecule has 0 radical (unpaired) electrons. The van der Waals surface area contributed by atoms with Crippen LogP contribution in [0.15, 0.2) is 76.4 Å². The molecular formula is C33H44N3O7PSi. The molecule has 3 saturated heterocycles. The van der Waals surface area contributed by atoms with Gasteiger partial charge in [0.25, 0.3) is 14.1 Å². The van der Waals surface area contributed by atoms with Crippen molar-refractivity contribution in [3.63, 3.8) is 0 Å². The van der Waals surface area contributed by atoms with E-state index in [0.717, 1.165) is 25.4 Å². The molecule has 12 heteroatoms. The molecular weight excluding hydrogens is 609 g/mol. The van der Waals surface area contributed by atoms with Crippen molar-refractivity contribution in [1.82, 2.24) is 14.2 Å². The Kier molecular flexibility index (Phi) is 10.2. The second-order valence-corrected chi connectivity index (χ2v) is 18.0. The zero-order valence-corrected chi connectivity index (χ0v) is 28.4. The quantitative estimate of drug-likeness (QED) is 0.180. The zero-order chi connectivity index (χ0) is 31.6. The van der Waals surface area contributed by atoms with E-state index in [1.807, 2.05) is 6.92 Å². The fourth-order valence-electron chi connectivity index (χ4n) is 6.99. The Morgan fingerprint density at radius 1 is 1.00 bits per heavy atom. The number of aromatic amines is 1. The normalized spacial score (nSPS) is 28.5. The number of rotatable bonds is 12. The molecule has 10 nitrogen and oxygen atoms in total. The lowest BCUT2D eigenvalue weighted by atomic mass is 10.1. The topological polar surface area (TPSA) is 104 Å². The second kappa shape index (κ2) is 14.1. The maximum absolute atomic E-state index is 12.9. The summed E-state index contributed by atoms with van der Waals surface area (Å²) in [6.45, 7) is 7.77. The Hall–Kier alpha value is -2.47. The molecule has 1 unspecified atom stereocenters. The van der Waals surface area contributed by atoms with Crippen LogP contribution in [0.5, 0.6) is 0 Å². The van der Waals surface area contributed by atoms with Gasteiger partial charge in [-0.05, 0) is 32.2 Å². The minimum Gasteiger partial charge on any atom is -0.382 e. The number of benzene rings is 2. The highest BCUT2D eigenvalue weighted by Gasteiger charge is 2.54. The van der Waals surface area contributed by atoms with Crippen molar-refractivity contribution in [3.8, 4) is 0 Å². The van der Waals surface area contributed by atoms with Gasteiger partial charge < -0.3 is 23.3 Å². The van der Waals surface area contributed by atoms with Gasteiger partial charge in [-0.1, -0.05) is 84.5 Å². The highest BCUT2D eigenvalue weighted by molar-refractivity contribution is 7.45. The van der Waals surface area contributed by atoms with Gasteiger partial charge >= 0.3 is 5.69 Å². The van der Waals surface area contributed by atoms with E-state index in [4.69, 9.17) is 23.3 Å². The summed E-state index contributed by atoms with van der Waals surface area (Å²) in [5, 5.41) is 2.79. The van der Waals surface area contributed by atoms with Gasteiger partial charge in [0.1, 0.15) is 20.3 Å². The third-order valence-electron chi connectivity index (χ3n) is 9.48. The summed E-state index contributed by atoms with van der Waals surface area (Å²) >= 11 is 0. The largest absolute Gasteiger partial charge is 0.382 e. The number of aryl methyl sites for hydroxylation is 1. The summed E-state index contributed by atoms with van der Waals surface area (Å²) in [7, 11) is -1.93. The molecule has 242 valence electrons. The number of aromatic nitrogens is 2. The third-order valence-corrected chi connectivity index (χ3v) is 15.7. The van der Waals surface area contributed by atoms with Crippen molar-refractivity contribution in [2.45, 2.75) is 82.4 Å². The smallest absolute Gasteiger partial charge is 0.330 e. The first-order chi connectivity index (χ1) is 21.8. The van der Waals surface area contributed by atoms with E-state index in [9.17, 15) is 9.59 Å². The summed E-state index contributed by atoms with van der Waals surface area (Å²) in [5.74, 6) is 0. The van der Waals surface area contributed by atoms with E-state index in [1.165, 1.54) is 21.1 Å². The predicted molar refractivity (Wildman–Crippen MR) is 177 cm³/mol. The van der Waals surface area contributed by atoms with Crippen LogP contribution in [-0.4, -0.2) is 79.6 Å². The van der Waals surface area contributed by atoms with Crippen LogP contribution >= 0.6 is 8.53 Å². The van der Waals surface area contributed by atoms with Crippen molar-refractivity contribution in [2.75, 3.05) is 26.9 Å². The summed E-state index contributed by atoms with van der Waals surface area (Å²) in [5.41, 5.74) is -0.539. The van der Waals surface area contributed by atoms with Crippen molar-refractivity contribution >= 4 is 27.0 Å². The molecule has 4 heterocycles. The van der Waals surface area contributed by atoms with Crippen LogP contribution in [0.4, 0.5) is 0 Å². The molecule has 0 spiro atoms. The van der Waals surface area contributed by atoms with Crippen LogP contribution < -0.4 is 21.6 Å². The molecule has 3 aliphatic rings. The fraction of sp³-hybridized carbons (Fsp3) is 0.515. The van der Waals surface area contributed by atoms with Crippen LogP contribution in [0, 0.1) is 6.92 Å². The van der Waals surface area contributed by atoms with Crippen LogP contribution in [0.3, 0.4) is 0 Å². The molecule has 7 atom stereocenters. The lowest BCUT2D eigenvalue weighted by molar-refractivity contribution is -0.0782. The number of nitrogens with one attached hydrogen (secondary N) is 1. The average Bonchev–Trinajstić information content (AvgIpc) is 3.76. The number of nitrogens with zero attached hydrogens (tertiary/aromatic N) is 2. The lowest BCUT2D eigenvalue weighted by Gasteiger charge is -2.32. The number of ether oxygens (including phenoxy) is 3. The molecule has 0 bridgehead atoms. The van der Waals surface area contributed by atoms with Crippen molar-refractivity contribution in [3.05, 3.63) is 93.3 Å². The zero-order valence-electron chi connectivity index (χ0n) is 26.5. The Balaban J connectivity index is 1.28. The van der Waals surface area contributed by atoms with Crippen LogP contribution in [0.2, 0.25) is 12.6 Å². The Labute approximate surface area is 266 Å². The van der Waals surface area contributed by atoms with Crippen LogP contribution in [0.25, 0.3) is 0 Å². The number of H-pyrrole nitrogens is 1. The number of fused-ring (bicyclic) bond motifs is 1. The van der Waals surface area contributed by atoms with Crippen LogP contribution in [0.1, 0.15) is 38.0 Å². The summed E-state index contributed by atoms with van der Waals surface area (Å²) in [6, 6.07) is 23.0. The van der Waals surface area contributed by atoms with Gasteiger partial charge in [0, 0.05) is 31.5 Å². The van der Waals surface area contributed by atoms with Crippen molar-refractivity contribution in [1.29, 1.82) is 0 Å². The first-order valence-corrected chi connectivity index (χ1v) is 19.8. The van der Waals surface area contributed by atoms with Gasteiger partial charge in [-0.25, -0.2) is 9.46 Å². The molecule has 3 aromatic rings. The molecule has 6 rings (SSSR count). The van der Waals surface area contributed by atoms with Gasteiger partial charge in [0.15, 0.2) is 6.23 Å². The number of methoxy groups -OCH3 is 1. The molecule has 3 fully saturated rings. The molecule has 2 aromatic carbocycles. The molecule has 0 aliphatic carbocycles. The van der Waals surface area contributed by atoms with E-state index in [0.29, 0.717) is 25.2 Å². The van der Waals surface area contributed by atoms with Gasteiger partial charge in [0.2, 0.25) is 0 Å². The van der Waals surface area contributed by atoms with Crippen molar-refractivity contribution in [2.24, 2.45) is 0 Å². The van der Waals surface area contributed by atoms with Gasteiger partial charge in [-0.2, -0.15) is 0 Å². The summed E-state index contributed by atoms with van der Waals surface area (Å²) < 4.78 is 35.8. The highest BCUT2D eigenvalue weighted by Crippen LogP contribution is 2.59. The van der Waals surface area contributed by atoms with Crippen molar-refractivity contribution < 1.29 is 23.3 Å². The first kappa shape index (κ1) is 32.5. The Morgan fingerprint density at radius 3 is 2.33 bits per heavy atom. The van der Waals surface area contributed by atoms with Crippen LogP contribution in [-0.2, 0) is 23.3 Å². The molecule has 3 aliphatic heterocycles. The summed E-state index contributed by atoms with van der Waals surface area (Å²) in [6.07, 6.45) is 2.22. The predicted octanol–water partition coefficient (Wildman–Crippen LogP) is 3.55. The van der Waals surface area contributed by atoms with Gasteiger partial charge in [0.05, 0.1) is 25.4 Å². The number of hydrogen-bond acceptors (Lipinski definition) is 8. The van der Waals surface area contributed by atoms with E-state index in [2.05, 4.69) is 76.9 Å². The van der Waals surface area contributed by atoms with E-state index in [1.54, 1.807) is 14.0 Å². The van der Waals surface area contributed by atoms with Gasteiger partial charge in [-0.3, -0.25) is 14.3 Å². The average molecular weight is 654 g/mol. The lowest BCUT2D eigenvalue weighted by Crippen LogP contribution is -2.58. The Morgan fingerprint density at radius 2 is 1.69 bits per heavy atom. The molecule has 45 heavy (non-hydrogen) atoms.